The highest BCUT2D eigenvalue weighted by Gasteiger charge is 2.09. The fourth-order valence-corrected chi connectivity index (χ4v) is 2.75. The summed E-state index contributed by atoms with van der Waals surface area (Å²) < 4.78 is 7.44. The number of aryl methyl sites for hydroxylation is 1. The van der Waals surface area contributed by atoms with E-state index in [1.165, 1.54) is 6.42 Å². The van der Waals surface area contributed by atoms with E-state index in [4.69, 9.17) is 4.74 Å². The molecule has 2 rings (SSSR count). The molecule has 0 bridgehead atoms. The maximum Gasteiger partial charge on any atom is 0.191 e. The molecule has 136 valence electrons. The second kappa shape index (κ2) is 11.0. The monoisotopic (exact) mass is 337 g/mol. The van der Waals surface area contributed by atoms with Gasteiger partial charge in [-0.3, -0.25) is 9.89 Å². The van der Waals surface area contributed by atoms with E-state index in [0.29, 0.717) is 0 Å². The van der Waals surface area contributed by atoms with Crippen molar-refractivity contribution in [1.82, 2.24) is 30.3 Å². The van der Waals surface area contributed by atoms with E-state index >= 15 is 0 Å². The van der Waals surface area contributed by atoms with E-state index in [1.54, 1.807) is 13.4 Å². The first-order valence-electron chi connectivity index (χ1n) is 8.94. The van der Waals surface area contributed by atoms with Gasteiger partial charge in [0.1, 0.15) is 12.2 Å². The molecule has 0 saturated carbocycles. The predicted molar refractivity (Wildman–Crippen MR) is 95.3 cm³/mol. The maximum atomic E-state index is 5.36. The Morgan fingerprint density at radius 3 is 2.75 bits per heavy atom. The van der Waals surface area contributed by atoms with E-state index in [-0.39, 0.29) is 0 Å². The average molecular weight is 337 g/mol. The summed E-state index contributed by atoms with van der Waals surface area (Å²) in [4.78, 5) is 6.74. The summed E-state index contributed by atoms with van der Waals surface area (Å²) in [6, 6.07) is 0. The van der Waals surface area contributed by atoms with E-state index in [0.717, 1.165) is 77.1 Å². The summed E-state index contributed by atoms with van der Waals surface area (Å²) in [5, 5.41) is 14.7. The number of ether oxygens (including phenoxy) is 1. The molecule has 1 fully saturated rings. The lowest BCUT2D eigenvalue weighted by molar-refractivity contribution is 0.0372. The minimum Gasteiger partial charge on any atom is -0.379 e. The fourth-order valence-electron chi connectivity index (χ4n) is 2.75. The van der Waals surface area contributed by atoms with Crippen molar-refractivity contribution >= 4 is 5.96 Å². The molecule has 1 aliphatic heterocycles. The second-order valence-electron chi connectivity index (χ2n) is 5.88. The predicted octanol–water partition coefficient (Wildman–Crippen LogP) is 0.118. The average Bonchev–Trinajstić information content (AvgIpc) is 3.08. The van der Waals surface area contributed by atoms with E-state index in [1.807, 2.05) is 0 Å². The van der Waals surface area contributed by atoms with Gasteiger partial charge in [-0.15, -0.1) is 10.2 Å². The summed E-state index contributed by atoms with van der Waals surface area (Å²) in [5.41, 5.74) is 0. The van der Waals surface area contributed by atoms with Crippen LogP contribution in [0.15, 0.2) is 11.3 Å². The Hall–Kier alpha value is -1.67. The van der Waals surface area contributed by atoms with Gasteiger partial charge in [0, 0.05) is 46.2 Å². The molecule has 24 heavy (non-hydrogen) atoms. The molecule has 1 saturated heterocycles. The first-order valence-corrected chi connectivity index (χ1v) is 8.94. The SMILES string of the molecule is CCc1nncn1CCNC(=NC)NCCCCN1CCOCC1. The topological polar surface area (TPSA) is 79.6 Å². The highest BCUT2D eigenvalue weighted by molar-refractivity contribution is 5.79. The van der Waals surface area contributed by atoms with Crippen LogP contribution in [0.2, 0.25) is 0 Å². The normalized spacial score (nSPS) is 16.3. The van der Waals surface area contributed by atoms with Crippen molar-refractivity contribution in [3.05, 3.63) is 12.2 Å². The Bertz CT molecular complexity index is 483. The minimum atomic E-state index is 0.804. The minimum absolute atomic E-state index is 0.804. The van der Waals surface area contributed by atoms with Crippen molar-refractivity contribution in [2.45, 2.75) is 32.7 Å². The number of hydrogen-bond acceptors (Lipinski definition) is 5. The largest absolute Gasteiger partial charge is 0.379 e. The molecule has 8 heteroatoms. The quantitative estimate of drug-likeness (QED) is 0.378. The molecule has 0 radical (unpaired) electrons. The highest BCUT2D eigenvalue weighted by atomic mass is 16.5. The van der Waals surface area contributed by atoms with Crippen molar-refractivity contribution in [3.63, 3.8) is 0 Å². The first-order chi connectivity index (χ1) is 11.8. The molecule has 1 aromatic heterocycles. The van der Waals surface area contributed by atoms with Gasteiger partial charge in [0.05, 0.1) is 13.2 Å². The Morgan fingerprint density at radius 2 is 2.00 bits per heavy atom. The molecule has 2 heterocycles. The lowest BCUT2D eigenvalue weighted by atomic mass is 10.3. The van der Waals surface area contributed by atoms with Gasteiger partial charge in [0.15, 0.2) is 5.96 Å². The van der Waals surface area contributed by atoms with Crippen molar-refractivity contribution in [2.75, 3.05) is 53.0 Å². The smallest absolute Gasteiger partial charge is 0.191 e. The number of nitrogens with zero attached hydrogens (tertiary/aromatic N) is 5. The zero-order valence-corrected chi connectivity index (χ0v) is 15.0. The van der Waals surface area contributed by atoms with Crippen LogP contribution in [0.3, 0.4) is 0 Å². The van der Waals surface area contributed by atoms with Crippen molar-refractivity contribution in [1.29, 1.82) is 0 Å². The van der Waals surface area contributed by atoms with Gasteiger partial charge >= 0.3 is 0 Å². The Kier molecular flexibility index (Phi) is 8.54. The summed E-state index contributed by atoms with van der Waals surface area (Å²) in [7, 11) is 1.80. The Morgan fingerprint density at radius 1 is 1.21 bits per heavy atom. The third-order valence-electron chi connectivity index (χ3n) is 4.18. The van der Waals surface area contributed by atoms with E-state index < -0.39 is 0 Å². The molecular weight excluding hydrogens is 306 g/mol. The summed E-state index contributed by atoms with van der Waals surface area (Å²) in [5.74, 6) is 1.87. The number of hydrogen-bond donors (Lipinski definition) is 2. The number of aliphatic imine (C=N–C) groups is 1. The summed E-state index contributed by atoms with van der Waals surface area (Å²) in [6.45, 7) is 9.72. The van der Waals surface area contributed by atoms with Crippen molar-refractivity contribution in [2.24, 2.45) is 4.99 Å². The molecule has 0 aliphatic carbocycles. The number of nitrogens with one attached hydrogen (secondary N) is 2. The number of aromatic nitrogens is 3. The molecular formula is C16H31N7O. The zero-order chi connectivity index (χ0) is 17.0. The van der Waals surface area contributed by atoms with E-state index in [2.05, 4.69) is 42.2 Å². The van der Waals surface area contributed by atoms with Gasteiger partial charge in [-0.2, -0.15) is 0 Å². The fraction of sp³-hybridized carbons (Fsp3) is 0.812. The number of morpholine rings is 1. The molecule has 1 aliphatic rings. The van der Waals surface area contributed by atoms with Crippen LogP contribution < -0.4 is 10.6 Å². The lowest BCUT2D eigenvalue weighted by Crippen LogP contribution is -2.40. The van der Waals surface area contributed by atoms with Crippen LogP contribution in [0.5, 0.6) is 0 Å². The first kappa shape index (κ1) is 18.7. The van der Waals surface area contributed by atoms with Crippen LogP contribution in [-0.4, -0.2) is 78.6 Å². The van der Waals surface area contributed by atoms with Crippen LogP contribution in [-0.2, 0) is 17.7 Å². The molecule has 0 amide bonds. The number of unbranched alkanes of at least 4 members (excludes halogenated alkanes) is 1. The van der Waals surface area contributed by atoms with Gasteiger partial charge in [0.2, 0.25) is 0 Å². The summed E-state index contributed by atoms with van der Waals surface area (Å²) >= 11 is 0. The Balaban J connectivity index is 1.53. The van der Waals surface area contributed by atoms with Crippen molar-refractivity contribution in [3.8, 4) is 0 Å². The number of rotatable bonds is 9. The van der Waals surface area contributed by atoms with Gasteiger partial charge in [-0.1, -0.05) is 6.92 Å². The van der Waals surface area contributed by atoms with Gasteiger partial charge in [-0.25, -0.2) is 0 Å². The molecule has 0 aromatic carbocycles. The van der Waals surface area contributed by atoms with Crippen LogP contribution in [0, 0.1) is 0 Å². The summed E-state index contributed by atoms with van der Waals surface area (Å²) in [6.07, 6.45) is 5.02. The van der Waals surface area contributed by atoms with Crippen LogP contribution >= 0.6 is 0 Å². The molecule has 0 atom stereocenters. The molecule has 0 spiro atoms. The molecule has 0 unspecified atom stereocenters. The lowest BCUT2D eigenvalue weighted by Gasteiger charge is -2.26. The number of guanidine groups is 1. The van der Waals surface area contributed by atoms with Crippen LogP contribution in [0.4, 0.5) is 0 Å². The highest BCUT2D eigenvalue weighted by Crippen LogP contribution is 1.99. The Labute approximate surface area is 144 Å². The molecule has 1 aromatic rings. The van der Waals surface area contributed by atoms with Crippen LogP contribution in [0.1, 0.15) is 25.6 Å². The van der Waals surface area contributed by atoms with Gasteiger partial charge in [-0.05, 0) is 19.4 Å². The van der Waals surface area contributed by atoms with Gasteiger partial charge in [0.25, 0.3) is 0 Å². The maximum absolute atomic E-state index is 5.36. The third kappa shape index (κ3) is 6.45. The molecule has 2 N–H and O–H groups in total. The van der Waals surface area contributed by atoms with Gasteiger partial charge < -0.3 is 19.9 Å². The standard InChI is InChI=1S/C16H31N7O/c1-3-15-21-20-14-23(15)9-7-19-16(17-2)18-6-4-5-8-22-10-12-24-13-11-22/h14H,3-13H2,1-2H3,(H2,17,18,19). The molecule has 8 nitrogen and oxygen atoms in total. The third-order valence-corrected chi connectivity index (χ3v) is 4.18. The zero-order valence-electron chi connectivity index (χ0n) is 15.0. The van der Waals surface area contributed by atoms with Crippen molar-refractivity contribution < 1.29 is 4.74 Å². The second-order valence-corrected chi connectivity index (χ2v) is 5.88. The van der Waals surface area contributed by atoms with Crippen LogP contribution in [0.25, 0.3) is 0 Å². The van der Waals surface area contributed by atoms with E-state index in [9.17, 15) is 0 Å².